The van der Waals surface area contributed by atoms with Crippen LogP contribution in [-0.4, -0.2) is 26.5 Å². The smallest absolute Gasteiger partial charge is 0.381 e. The minimum Gasteiger partial charge on any atom is -0.381 e. The minimum absolute atomic E-state index is 0.0524. The summed E-state index contributed by atoms with van der Waals surface area (Å²) in [5, 5.41) is 2.99. The molecular weight excluding hydrogens is 247 g/mol. The summed E-state index contributed by atoms with van der Waals surface area (Å²) in [6.45, 7) is 2.15. The molecule has 4 nitrogen and oxygen atoms in total. The van der Waals surface area contributed by atoms with Crippen LogP contribution >= 0.6 is 0 Å². The lowest BCUT2D eigenvalue weighted by atomic mass is 10.1. The second-order valence-electron chi connectivity index (χ2n) is 3.37. The third-order valence-electron chi connectivity index (χ3n) is 2.18. The standard InChI is InChI=1S/C8H12F3NO3S/c1-2-6-5-7(3-4-12-6)15-16(13,14)8(9,10)11/h3,6,12H,2,4-5H2,1H3. The fourth-order valence-electron chi connectivity index (χ4n) is 1.28. The van der Waals surface area contributed by atoms with Gasteiger partial charge in [-0.3, -0.25) is 0 Å². The van der Waals surface area contributed by atoms with Gasteiger partial charge in [0.2, 0.25) is 0 Å². The molecule has 0 saturated heterocycles. The van der Waals surface area contributed by atoms with Crippen LogP contribution < -0.4 is 5.32 Å². The first kappa shape index (κ1) is 13.3. The maximum absolute atomic E-state index is 12.0. The molecule has 1 atom stereocenters. The van der Waals surface area contributed by atoms with Gasteiger partial charge in [0.25, 0.3) is 0 Å². The van der Waals surface area contributed by atoms with Crippen LogP contribution in [-0.2, 0) is 14.3 Å². The van der Waals surface area contributed by atoms with Crippen molar-refractivity contribution in [3.63, 3.8) is 0 Å². The molecule has 0 spiro atoms. The summed E-state index contributed by atoms with van der Waals surface area (Å²) in [6.07, 6.45) is 2.13. The molecule has 1 rings (SSSR count). The fraction of sp³-hybridized carbons (Fsp3) is 0.750. The highest BCUT2D eigenvalue weighted by molar-refractivity contribution is 7.87. The van der Waals surface area contributed by atoms with E-state index in [-0.39, 0.29) is 18.2 Å². The van der Waals surface area contributed by atoms with Crippen LogP contribution in [0, 0.1) is 0 Å². The maximum atomic E-state index is 12.0. The van der Waals surface area contributed by atoms with Crippen LogP contribution in [0.5, 0.6) is 0 Å². The molecule has 0 amide bonds. The predicted molar refractivity (Wildman–Crippen MR) is 50.8 cm³/mol. The molecule has 0 radical (unpaired) electrons. The van der Waals surface area contributed by atoms with E-state index in [0.717, 1.165) is 0 Å². The SMILES string of the molecule is CCC1CC(OS(=O)(=O)C(F)(F)F)=CCN1. The first-order valence-electron chi connectivity index (χ1n) is 4.69. The number of hydrogen-bond donors (Lipinski definition) is 1. The molecule has 0 aromatic carbocycles. The summed E-state index contributed by atoms with van der Waals surface area (Å²) in [4.78, 5) is 0. The predicted octanol–water partition coefficient (Wildman–Crippen LogP) is 1.51. The lowest BCUT2D eigenvalue weighted by Crippen LogP contribution is -2.34. The normalized spacial score (nSPS) is 22.8. The lowest BCUT2D eigenvalue weighted by Gasteiger charge is -2.22. The Labute approximate surface area is 91.6 Å². The number of alkyl halides is 3. The van der Waals surface area contributed by atoms with E-state index in [0.29, 0.717) is 13.0 Å². The van der Waals surface area contributed by atoms with Crippen molar-refractivity contribution >= 4 is 10.1 Å². The highest BCUT2D eigenvalue weighted by atomic mass is 32.2. The van der Waals surface area contributed by atoms with E-state index in [1.807, 2.05) is 6.92 Å². The van der Waals surface area contributed by atoms with Gasteiger partial charge in [-0.15, -0.1) is 0 Å². The summed E-state index contributed by atoms with van der Waals surface area (Å²) >= 11 is 0. The van der Waals surface area contributed by atoms with Gasteiger partial charge in [-0.1, -0.05) is 6.92 Å². The molecule has 0 bridgehead atoms. The molecular formula is C8H12F3NO3S. The zero-order valence-electron chi connectivity index (χ0n) is 8.54. The van der Waals surface area contributed by atoms with Crippen molar-refractivity contribution in [1.29, 1.82) is 0 Å². The Hall–Kier alpha value is -0.760. The molecule has 1 heterocycles. The first-order valence-corrected chi connectivity index (χ1v) is 6.10. The average Bonchev–Trinajstić information content (AvgIpc) is 2.15. The van der Waals surface area contributed by atoms with E-state index in [1.54, 1.807) is 0 Å². The van der Waals surface area contributed by atoms with Gasteiger partial charge >= 0.3 is 15.6 Å². The molecule has 8 heteroatoms. The average molecular weight is 259 g/mol. The molecule has 0 saturated carbocycles. The molecule has 1 N–H and O–H groups in total. The van der Waals surface area contributed by atoms with Crippen LogP contribution in [0.25, 0.3) is 0 Å². The van der Waals surface area contributed by atoms with E-state index >= 15 is 0 Å². The Balaban J connectivity index is 2.72. The zero-order valence-corrected chi connectivity index (χ0v) is 9.36. The Kier molecular flexibility index (Phi) is 3.84. The van der Waals surface area contributed by atoms with Crippen molar-refractivity contribution in [3.05, 3.63) is 11.8 Å². The molecule has 0 aromatic heterocycles. The van der Waals surface area contributed by atoms with Crippen LogP contribution in [0.2, 0.25) is 0 Å². The van der Waals surface area contributed by atoms with Gasteiger partial charge in [0, 0.05) is 19.0 Å². The third kappa shape index (κ3) is 3.11. The van der Waals surface area contributed by atoms with Crippen molar-refractivity contribution in [3.8, 4) is 0 Å². The van der Waals surface area contributed by atoms with Crippen LogP contribution in [0.15, 0.2) is 11.8 Å². The summed E-state index contributed by atoms with van der Waals surface area (Å²) in [7, 11) is -5.53. The first-order chi connectivity index (χ1) is 7.26. The Bertz CT molecular complexity index is 374. The quantitative estimate of drug-likeness (QED) is 0.616. The second kappa shape index (κ2) is 4.62. The molecule has 94 valence electrons. The van der Waals surface area contributed by atoms with Crippen LogP contribution in [0.1, 0.15) is 19.8 Å². The number of rotatable bonds is 3. The maximum Gasteiger partial charge on any atom is 0.534 e. The van der Waals surface area contributed by atoms with Gasteiger partial charge < -0.3 is 9.50 Å². The van der Waals surface area contributed by atoms with Gasteiger partial charge in [-0.25, -0.2) is 0 Å². The largest absolute Gasteiger partial charge is 0.534 e. The Morgan fingerprint density at radius 3 is 2.69 bits per heavy atom. The summed E-state index contributed by atoms with van der Waals surface area (Å²) in [6, 6.07) is -0.0524. The molecule has 1 aliphatic rings. The Morgan fingerprint density at radius 1 is 1.56 bits per heavy atom. The van der Waals surface area contributed by atoms with Gasteiger partial charge in [0.1, 0.15) is 5.76 Å². The van der Waals surface area contributed by atoms with Crippen molar-refractivity contribution < 1.29 is 25.8 Å². The van der Waals surface area contributed by atoms with E-state index < -0.39 is 15.6 Å². The highest BCUT2D eigenvalue weighted by Crippen LogP contribution is 2.28. The van der Waals surface area contributed by atoms with Crippen LogP contribution in [0.3, 0.4) is 0 Å². The van der Waals surface area contributed by atoms with Crippen molar-refractivity contribution in [2.75, 3.05) is 6.54 Å². The van der Waals surface area contributed by atoms with Gasteiger partial charge in [0.15, 0.2) is 0 Å². The van der Waals surface area contributed by atoms with Crippen molar-refractivity contribution in [2.45, 2.75) is 31.3 Å². The van der Waals surface area contributed by atoms with Crippen molar-refractivity contribution in [2.24, 2.45) is 0 Å². The van der Waals surface area contributed by atoms with Crippen LogP contribution in [0.4, 0.5) is 13.2 Å². The summed E-state index contributed by atoms with van der Waals surface area (Å²) in [5.41, 5.74) is -5.37. The highest BCUT2D eigenvalue weighted by Gasteiger charge is 2.48. The van der Waals surface area contributed by atoms with E-state index in [2.05, 4.69) is 9.50 Å². The molecule has 0 fully saturated rings. The molecule has 0 aliphatic carbocycles. The molecule has 1 unspecified atom stereocenters. The topological polar surface area (TPSA) is 55.4 Å². The summed E-state index contributed by atoms with van der Waals surface area (Å²) in [5.74, 6) is -0.150. The monoisotopic (exact) mass is 259 g/mol. The molecule has 1 aliphatic heterocycles. The minimum atomic E-state index is -5.53. The second-order valence-corrected chi connectivity index (χ2v) is 4.91. The van der Waals surface area contributed by atoms with E-state index in [9.17, 15) is 21.6 Å². The fourth-order valence-corrected chi connectivity index (χ4v) is 1.80. The summed E-state index contributed by atoms with van der Waals surface area (Å²) < 4.78 is 61.5. The number of halogens is 3. The third-order valence-corrected chi connectivity index (χ3v) is 3.18. The van der Waals surface area contributed by atoms with E-state index in [1.165, 1.54) is 6.08 Å². The Morgan fingerprint density at radius 2 is 2.19 bits per heavy atom. The van der Waals surface area contributed by atoms with E-state index in [4.69, 9.17) is 0 Å². The van der Waals surface area contributed by atoms with Gasteiger partial charge in [-0.05, 0) is 12.5 Å². The number of hydrogen-bond acceptors (Lipinski definition) is 4. The number of nitrogens with one attached hydrogen (secondary N) is 1. The lowest BCUT2D eigenvalue weighted by molar-refractivity contribution is -0.0524. The van der Waals surface area contributed by atoms with Gasteiger partial charge in [0.05, 0.1) is 0 Å². The molecule has 0 aromatic rings. The van der Waals surface area contributed by atoms with Gasteiger partial charge in [-0.2, -0.15) is 21.6 Å². The van der Waals surface area contributed by atoms with Crippen molar-refractivity contribution in [1.82, 2.24) is 5.32 Å². The molecule has 16 heavy (non-hydrogen) atoms. The zero-order chi connectivity index (χ0) is 12.4.